The Balaban J connectivity index is 1.92. The van der Waals surface area contributed by atoms with Crippen LogP contribution in [0.2, 0.25) is 0 Å². The minimum atomic E-state index is -4.49. The molecule has 1 aromatic carbocycles. The van der Waals surface area contributed by atoms with Gasteiger partial charge in [0.1, 0.15) is 11.9 Å². The molecule has 0 N–H and O–H groups in total. The molecule has 0 amide bonds. The quantitative estimate of drug-likeness (QED) is 0.835. The molecule has 2 rings (SSSR count). The maximum absolute atomic E-state index is 12.3. The fraction of sp³-hybridized carbons (Fsp3) is 0.417. The van der Waals surface area contributed by atoms with Gasteiger partial charge in [0.2, 0.25) is 0 Å². The molecule has 1 unspecified atom stereocenters. The van der Waals surface area contributed by atoms with Crippen molar-refractivity contribution in [3.05, 3.63) is 29.8 Å². The van der Waals surface area contributed by atoms with E-state index in [4.69, 9.17) is 9.47 Å². The summed E-state index contributed by atoms with van der Waals surface area (Å²) in [4.78, 5) is 3.36. The molecule has 1 aromatic rings. The highest BCUT2D eigenvalue weighted by Gasteiger charge is 2.42. The summed E-state index contributed by atoms with van der Waals surface area (Å²) in [6.45, 7) is 0.0425. The summed E-state index contributed by atoms with van der Waals surface area (Å²) in [5.74, 6) is -0.417. The van der Waals surface area contributed by atoms with E-state index in [1.54, 1.807) is 31.4 Å². The Morgan fingerprint density at radius 1 is 1.33 bits per heavy atom. The molecule has 0 saturated carbocycles. The van der Waals surface area contributed by atoms with Crippen molar-refractivity contribution in [2.75, 3.05) is 13.7 Å². The summed E-state index contributed by atoms with van der Waals surface area (Å²) < 4.78 is 46.7. The van der Waals surface area contributed by atoms with Crippen LogP contribution >= 0.6 is 0 Å². The standard InChI is InChI=1S/C12H12F3NO2/c1-17-9-4-2-8(3-5-9)6-10-7-16-11(18-10)12(13,14)15/h2-5,10H,6-7H2,1H3. The van der Waals surface area contributed by atoms with Gasteiger partial charge in [0, 0.05) is 6.42 Å². The van der Waals surface area contributed by atoms with E-state index >= 15 is 0 Å². The first kappa shape index (κ1) is 12.7. The zero-order valence-corrected chi connectivity index (χ0v) is 9.70. The smallest absolute Gasteiger partial charge is 0.468 e. The molecule has 0 saturated heterocycles. The van der Waals surface area contributed by atoms with Crippen molar-refractivity contribution in [1.29, 1.82) is 0 Å². The lowest BCUT2D eigenvalue weighted by molar-refractivity contribution is -0.0788. The van der Waals surface area contributed by atoms with E-state index in [1.807, 2.05) is 0 Å². The molecular formula is C12H12F3NO2. The number of halogens is 3. The number of nitrogens with zero attached hydrogens (tertiary/aromatic N) is 1. The number of rotatable bonds is 3. The summed E-state index contributed by atoms with van der Waals surface area (Å²) in [5, 5.41) is 0. The molecule has 0 fully saturated rings. The van der Waals surface area contributed by atoms with Crippen LogP contribution in [0.3, 0.4) is 0 Å². The first-order chi connectivity index (χ1) is 8.49. The summed E-state index contributed by atoms with van der Waals surface area (Å²) >= 11 is 0. The Kier molecular flexibility index (Phi) is 3.45. The summed E-state index contributed by atoms with van der Waals surface area (Å²) in [5.41, 5.74) is 0.888. The Bertz CT molecular complexity index is 440. The van der Waals surface area contributed by atoms with Crippen molar-refractivity contribution in [2.45, 2.75) is 18.7 Å². The largest absolute Gasteiger partial charge is 0.497 e. The van der Waals surface area contributed by atoms with Crippen LogP contribution in [0.5, 0.6) is 5.75 Å². The second-order valence-corrected chi connectivity index (χ2v) is 3.94. The second kappa shape index (κ2) is 4.88. The van der Waals surface area contributed by atoms with Gasteiger partial charge < -0.3 is 9.47 Å². The zero-order valence-electron chi connectivity index (χ0n) is 9.70. The van der Waals surface area contributed by atoms with Crippen LogP contribution in [0.25, 0.3) is 0 Å². The molecule has 0 aliphatic carbocycles. The van der Waals surface area contributed by atoms with Crippen LogP contribution < -0.4 is 4.74 Å². The molecular weight excluding hydrogens is 247 g/mol. The summed E-state index contributed by atoms with van der Waals surface area (Å²) in [7, 11) is 1.55. The molecule has 98 valence electrons. The van der Waals surface area contributed by atoms with Crippen molar-refractivity contribution < 1.29 is 22.6 Å². The molecule has 0 spiro atoms. The number of methoxy groups -OCH3 is 1. The normalized spacial score (nSPS) is 19.3. The fourth-order valence-electron chi connectivity index (χ4n) is 1.70. The SMILES string of the molecule is COc1ccc(CC2CN=C(C(F)(F)F)O2)cc1. The van der Waals surface area contributed by atoms with Crippen LogP contribution in [0.1, 0.15) is 5.56 Å². The van der Waals surface area contributed by atoms with Crippen molar-refractivity contribution in [2.24, 2.45) is 4.99 Å². The van der Waals surface area contributed by atoms with Crippen molar-refractivity contribution >= 4 is 5.90 Å². The summed E-state index contributed by atoms with van der Waals surface area (Å²) in [6, 6.07) is 7.12. The molecule has 0 radical (unpaired) electrons. The Morgan fingerprint density at radius 2 is 2.00 bits per heavy atom. The third-order valence-electron chi connectivity index (χ3n) is 2.58. The number of hydrogen-bond acceptors (Lipinski definition) is 3. The number of hydrogen-bond donors (Lipinski definition) is 0. The monoisotopic (exact) mass is 259 g/mol. The van der Waals surface area contributed by atoms with Gasteiger partial charge in [-0.3, -0.25) is 0 Å². The minimum Gasteiger partial charge on any atom is -0.497 e. The van der Waals surface area contributed by atoms with Gasteiger partial charge in [-0.2, -0.15) is 13.2 Å². The number of alkyl halides is 3. The van der Waals surface area contributed by atoms with Crippen LogP contribution in [0.4, 0.5) is 13.2 Å². The van der Waals surface area contributed by atoms with Crippen LogP contribution in [-0.4, -0.2) is 31.8 Å². The fourth-order valence-corrected chi connectivity index (χ4v) is 1.70. The third kappa shape index (κ3) is 2.94. The first-order valence-electron chi connectivity index (χ1n) is 5.40. The predicted octanol–water partition coefficient (Wildman–Crippen LogP) is 2.60. The molecule has 6 heteroatoms. The predicted molar refractivity (Wildman–Crippen MR) is 59.9 cm³/mol. The number of aliphatic imine (C=N–C) groups is 1. The van der Waals surface area contributed by atoms with E-state index in [1.165, 1.54) is 0 Å². The molecule has 1 aliphatic rings. The highest BCUT2D eigenvalue weighted by atomic mass is 19.4. The van der Waals surface area contributed by atoms with Crippen LogP contribution in [0.15, 0.2) is 29.3 Å². The maximum atomic E-state index is 12.3. The van der Waals surface area contributed by atoms with Gasteiger partial charge in [0.15, 0.2) is 0 Å². The van der Waals surface area contributed by atoms with Gasteiger partial charge in [-0.25, -0.2) is 4.99 Å². The lowest BCUT2D eigenvalue weighted by Gasteiger charge is -2.12. The molecule has 18 heavy (non-hydrogen) atoms. The van der Waals surface area contributed by atoms with Crippen molar-refractivity contribution in [3.63, 3.8) is 0 Å². The topological polar surface area (TPSA) is 30.8 Å². The van der Waals surface area contributed by atoms with E-state index in [0.717, 1.165) is 5.56 Å². The van der Waals surface area contributed by atoms with Gasteiger partial charge >= 0.3 is 6.18 Å². The van der Waals surface area contributed by atoms with Crippen molar-refractivity contribution in [1.82, 2.24) is 0 Å². The van der Waals surface area contributed by atoms with E-state index in [2.05, 4.69) is 4.99 Å². The molecule has 1 atom stereocenters. The van der Waals surface area contributed by atoms with Gasteiger partial charge in [0.25, 0.3) is 5.90 Å². The van der Waals surface area contributed by atoms with Crippen LogP contribution in [-0.2, 0) is 11.2 Å². The van der Waals surface area contributed by atoms with Crippen LogP contribution in [0, 0.1) is 0 Å². The van der Waals surface area contributed by atoms with Crippen molar-refractivity contribution in [3.8, 4) is 5.75 Å². The number of benzene rings is 1. The van der Waals surface area contributed by atoms with E-state index in [-0.39, 0.29) is 6.54 Å². The molecule has 3 nitrogen and oxygen atoms in total. The highest BCUT2D eigenvalue weighted by molar-refractivity contribution is 5.83. The molecule has 1 heterocycles. The second-order valence-electron chi connectivity index (χ2n) is 3.94. The Morgan fingerprint density at radius 3 is 2.50 bits per heavy atom. The number of ether oxygens (including phenoxy) is 2. The lowest BCUT2D eigenvalue weighted by atomic mass is 10.1. The Labute approximate surface area is 102 Å². The van der Waals surface area contributed by atoms with Gasteiger partial charge in [-0.05, 0) is 17.7 Å². The van der Waals surface area contributed by atoms with E-state index < -0.39 is 18.2 Å². The third-order valence-corrected chi connectivity index (χ3v) is 2.58. The highest BCUT2D eigenvalue weighted by Crippen LogP contribution is 2.24. The maximum Gasteiger partial charge on any atom is 0.468 e. The van der Waals surface area contributed by atoms with Gasteiger partial charge in [0.05, 0.1) is 13.7 Å². The average Bonchev–Trinajstić information content (AvgIpc) is 2.78. The zero-order chi connectivity index (χ0) is 13.2. The van der Waals surface area contributed by atoms with Gasteiger partial charge in [-0.15, -0.1) is 0 Å². The minimum absolute atomic E-state index is 0.0425. The van der Waals surface area contributed by atoms with E-state index in [9.17, 15) is 13.2 Å². The van der Waals surface area contributed by atoms with E-state index in [0.29, 0.717) is 12.2 Å². The lowest BCUT2D eigenvalue weighted by Crippen LogP contribution is -2.26. The Hall–Kier alpha value is -1.72. The molecule has 1 aliphatic heterocycles. The average molecular weight is 259 g/mol. The first-order valence-corrected chi connectivity index (χ1v) is 5.40. The van der Waals surface area contributed by atoms with Gasteiger partial charge in [-0.1, -0.05) is 12.1 Å². The molecule has 0 bridgehead atoms. The summed E-state index contributed by atoms with van der Waals surface area (Å²) in [6.07, 6.45) is -4.64. The molecule has 0 aromatic heterocycles.